The number of unbranched alkanes of at least 4 members (excludes halogenated alkanes) is 1. The van der Waals surface area contributed by atoms with Gasteiger partial charge >= 0.3 is 5.69 Å². The molecule has 0 bridgehead atoms. The molecule has 0 fully saturated rings. The van der Waals surface area contributed by atoms with E-state index in [9.17, 15) is 14.7 Å². The summed E-state index contributed by atoms with van der Waals surface area (Å²) in [4.78, 5) is 25.8. The summed E-state index contributed by atoms with van der Waals surface area (Å²) < 4.78 is 77.0. The molecule has 0 aliphatic carbocycles. The van der Waals surface area contributed by atoms with Crippen LogP contribution in [0.15, 0.2) is 15.8 Å². The topological polar surface area (TPSA) is 69.2 Å². The van der Waals surface area contributed by atoms with Gasteiger partial charge in [-0.3, -0.25) is 13.9 Å². The summed E-state index contributed by atoms with van der Waals surface area (Å²) in [7, 11) is 1.33. The molecule has 0 saturated carbocycles. The van der Waals surface area contributed by atoms with Gasteiger partial charge < -0.3 is 9.67 Å². The average Bonchev–Trinajstić information content (AvgIpc) is 2.89. The van der Waals surface area contributed by atoms with Crippen LogP contribution in [0.5, 0.6) is 0 Å². The third-order valence-electron chi connectivity index (χ3n) is 3.29. The van der Waals surface area contributed by atoms with E-state index < -0.39 is 55.4 Å². The van der Waals surface area contributed by atoms with Crippen molar-refractivity contribution < 1.29 is 18.8 Å². The predicted molar refractivity (Wildman–Crippen MR) is 82.7 cm³/mol. The number of rotatable bonds is 5. The number of aliphatic hydroxyl groups is 1. The second-order valence-corrected chi connectivity index (χ2v) is 4.83. The van der Waals surface area contributed by atoms with Gasteiger partial charge in [-0.15, -0.1) is 0 Å². The first kappa shape index (κ1) is 6.96. The van der Waals surface area contributed by atoms with Gasteiger partial charge in [0, 0.05) is 39.1 Å². The van der Waals surface area contributed by atoms with Gasteiger partial charge in [0.1, 0.15) is 5.65 Å². The molecule has 0 spiro atoms. The molecule has 1 N–H and O–H groups in total. The van der Waals surface area contributed by atoms with Crippen LogP contribution >= 0.6 is 0 Å². The van der Waals surface area contributed by atoms with Crippen LogP contribution in [0.3, 0.4) is 0 Å². The number of hydrogen-bond acceptors (Lipinski definition) is 3. The lowest BCUT2D eigenvalue weighted by Crippen LogP contribution is -2.39. The normalized spacial score (nSPS) is 23.3. The number of fused-ring (bicyclic) bond motifs is 1. The Morgan fingerprint density at radius 3 is 2.90 bits per heavy atom. The molecule has 2 aromatic rings. The summed E-state index contributed by atoms with van der Waals surface area (Å²) in [5.74, 6) is 0. The monoisotopic (exact) mass is 303 g/mol. The Kier molecular flexibility index (Phi) is 1.95. The fourth-order valence-corrected chi connectivity index (χ4v) is 2.29. The standard InChI is InChI=1S/C15H23N3O3/c1-10-9-16(3)13-12(10)14(20)18(15(21)17(13)4)8-6-5-7-11(2)19/h9,11,19H,5-8H2,1-4H3/i1D3,2D3,4D3,11D. The second kappa shape index (κ2) is 5.89. The van der Waals surface area contributed by atoms with Crippen molar-refractivity contribution in [2.24, 2.45) is 14.0 Å². The highest BCUT2D eigenvalue weighted by Gasteiger charge is 2.15. The molecule has 0 aromatic carbocycles. The molecular formula is C15H23N3O3. The van der Waals surface area contributed by atoms with Crippen LogP contribution in [-0.2, 0) is 20.6 Å². The summed E-state index contributed by atoms with van der Waals surface area (Å²) in [6, 6.07) is 0. The third kappa shape index (κ3) is 2.81. The lowest BCUT2D eigenvalue weighted by atomic mass is 10.2. The van der Waals surface area contributed by atoms with Crippen LogP contribution in [0.4, 0.5) is 0 Å². The smallest absolute Gasteiger partial charge is 0.332 e. The molecule has 6 nitrogen and oxygen atoms in total. The van der Waals surface area contributed by atoms with E-state index in [0.29, 0.717) is 9.13 Å². The first-order valence-electron chi connectivity index (χ1n) is 11.4. The highest BCUT2D eigenvalue weighted by atomic mass is 16.3. The predicted octanol–water partition coefficient (Wildman–Crippen LogP) is 0.898. The van der Waals surface area contributed by atoms with Gasteiger partial charge in [-0.25, -0.2) is 4.79 Å². The summed E-state index contributed by atoms with van der Waals surface area (Å²) >= 11 is 0. The van der Waals surface area contributed by atoms with Crippen LogP contribution in [0.2, 0.25) is 0 Å². The zero-order chi connectivity index (χ0) is 24.2. The van der Waals surface area contributed by atoms with E-state index in [2.05, 4.69) is 0 Å². The molecule has 0 saturated heterocycles. The largest absolute Gasteiger partial charge is 0.393 e. The Bertz CT molecular complexity index is 1090. The molecule has 0 amide bonds. The van der Waals surface area contributed by atoms with Crippen molar-refractivity contribution in [1.29, 1.82) is 0 Å². The number of aryl methyl sites for hydroxylation is 3. The van der Waals surface area contributed by atoms with Crippen molar-refractivity contribution in [2.75, 3.05) is 0 Å². The first-order chi connectivity index (χ1) is 13.8. The van der Waals surface area contributed by atoms with E-state index in [1.54, 1.807) is 0 Å². The Labute approximate surface area is 137 Å². The first-order valence-corrected chi connectivity index (χ1v) is 6.39. The number of hydrogen-bond donors (Lipinski definition) is 1. The van der Waals surface area contributed by atoms with Crippen LogP contribution in [0.25, 0.3) is 11.0 Å². The molecule has 6 heteroatoms. The quantitative estimate of drug-likeness (QED) is 0.834. The van der Waals surface area contributed by atoms with Crippen molar-refractivity contribution in [2.45, 2.75) is 45.6 Å². The Morgan fingerprint density at radius 1 is 1.43 bits per heavy atom. The average molecular weight is 303 g/mol. The van der Waals surface area contributed by atoms with E-state index in [1.165, 1.54) is 7.05 Å². The lowest BCUT2D eigenvalue weighted by Gasteiger charge is -2.10. The SMILES string of the molecule is [2H]C([2H])([2H])c1cn(C)c2c1c(=O)n(CCCCC([2H])(O)C([2H])([2H])[2H])c(=O)n2C([2H])([2H])[2H]. The zero-order valence-electron chi connectivity index (χ0n) is 21.5. The summed E-state index contributed by atoms with van der Waals surface area (Å²) in [5.41, 5.74) is -2.90. The van der Waals surface area contributed by atoms with Gasteiger partial charge in [-0.2, -0.15) is 0 Å². The van der Waals surface area contributed by atoms with E-state index in [0.717, 1.165) is 10.8 Å². The minimum Gasteiger partial charge on any atom is -0.393 e. The van der Waals surface area contributed by atoms with Gasteiger partial charge in [0.2, 0.25) is 0 Å². The van der Waals surface area contributed by atoms with Crippen LogP contribution in [-0.4, -0.2) is 24.9 Å². The molecule has 2 rings (SSSR count). The molecular weight excluding hydrogens is 270 g/mol. The van der Waals surface area contributed by atoms with Crippen molar-refractivity contribution in [3.05, 3.63) is 32.6 Å². The molecule has 0 aliphatic heterocycles. The fraction of sp³-hybridized carbons (Fsp3) is 0.600. The van der Waals surface area contributed by atoms with Gasteiger partial charge in [-0.1, -0.05) is 0 Å². The van der Waals surface area contributed by atoms with Crippen LogP contribution in [0.1, 0.15) is 45.4 Å². The van der Waals surface area contributed by atoms with E-state index in [-0.39, 0.29) is 25.0 Å². The molecule has 2 heterocycles. The van der Waals surface area contributed by atoms with Crippen LogP contribution < -0.4 is 11.2 Å². The summed E-state index contributed by atoms with van der Waals surface area (Å²) in [6.07, 6.45) is -2.19. The maximum Gasteiger partial charge on any atom is 0.332 e. The molecule has 0 aliphatic rings. The molecule has 0 radical (unpaired) electrons. The van der Waals surface area contributed by atoms with Crippen LogP contribution in [0, 0.1) is 6.85 Å². The maximum absolute atomic E-state index is 13.0. The maximum atomic E-state index is 13.0. The highest BCUT2D eigenvalue weighted by Crippen LogP contribution is 2.14. The highest BCUT2D eigenvalue weighted by molar-refractivity contribution is 5.79. The van der Waals surface area contributed by atoms with Crippen molar-refractivity contribution in [1.82, 2.24) is 13.7 Å². The molecule has 21 heavy (non-hydrogen) atoms. The van der Waals surface area contributed by atoms with E-state index >= 15 is 0 Å². The second-order valence-electron chi connectivity index (χ2n) is 4.83. The molecule has 116 valence electrons. The lowest BCUT2D eigenvalue weighted by molar-refractivity contribution is 0.180. The van der Waals surface area contributed by atoms with Gasteiger partial charge in [0.25, 0.3) is 5.56 Å². The third-order valence-corrected chi connectivity index (χ3v) is 3.29. The number of nitrogens with zero attached hydrogens (tertiary/aromatic N) is 3. The van der Waals surface area contributed by atoms with Gasteiger partial charge in [0.05, 0.1) is 12.8 Å². The van der Waals surface area contributed by atoms with Gasteiger partial charge in [-0.05, 0) is 38.5 Å². The molecule has 2 aromatic heterocycles. The molecule has 1 unspecified atom stereocenters. The van der Waals surface area contributed by atoms with Crippen molar-refractivity contribution >= 4 is 11.0 Å². The Morgan fingerprint density at radius 2 is 2.24 bits per heavy atom. The van der Waals surface area contributed by atoms with E-state index in [1.807, 2.05) is 0 Å². The number of aromatic nitrogens is 3. The Hall–Kier alpha value is -1.82. The summed E-state index contributed by atoms with van der Waals surface area (Å²) in [5, 5.41) is 9.29. The van der Waals surface area contributed by atoms with Gasteiger partial charge in [0.15, 0.2) is 0 Å². The minimum atomic E-state index is -3.01. The minimum absolute atomic E-state index is 0.0329. The fourth-order valence-electron chi connectivity index (χ4n) is 2.29. The Balaban J connectivity index is 2.58. The molecule has 1 atom stereocenters. The van der Waals surface area contributed by atoms with Crippen molar-refractivity contribution in [3.63, 3.8) is 0 Å². The summed E-state index contributed by atoms with van der Waals surface area (Å²) in [6.45, 7) is -9.05. The zero-order valence-corrected chi connectivity index (χ0v) is 11.5. The van der Waals surface area contributed by atoms with Crippen molar-refractivity contribution in [3.8, 4) is 0 Å². The van der Waals surface area contributed by atoms with E-state index in [4.69, 9.17) is 13.7 Å².